The van der Waals surface area contributed by atoms with Crippen LogP contribution in [-0.4, -0.2) is 56.5 Å². The van der Waals surface area contributed by atoms with Crippen LogP contribution in [0.5, 0.6) is 5.88 Å². The number of nitrogens with zero attached hydrogens (tertiary/aromatic N) is 2. The first-order valence-electron chi connectivity index (χ1n) is 6.52. The molecule has 0 unspecified atom stereocenters. The van der Waals surface area contributed by atoms with Crippen molar-refractivity contribution in [2.45, 2.75) is 25.1 Å². The highest BCUT2D eigenvalue weighted by atomic mass is 16.5. The first-order chi connectivity index (χ1) is 9.26. The first-order valence-corrected chi connectivity index (χ1v) is 6.52. The van der Waals surface area contributed by atoms with Crippen LogP contribution in [0.1, 0.15) is 12.1 Å². The Bertz CT molecular complexity index is 400. The van der Waals surface area contributed by atoms with Crippen molar-refractivity contribution in [3.63, 3.8) is 0 Å². The van der Waals surface area contributed by atoms with Gasteiger partial charge in [-0.2, -0.15) is 0 Å². The summed E-state index contributed by atoms with van der Waals surface area (Å²) in [5, 5.41) is 0. The zero-order valence-corrected chi connectivity index (χ0v) is 11.8. The summed E-state index contributed by atoms with van der Waals surface area (Å²) in [6.07, 6.45) is 1.29. The predicted molar refractivity (Wildman–Crippen MR) is 72.3 cm³/mol. The minimum atomic E-state index is 0.283. The molecule has 5 heteroatoms. The lowest BCUT2D eigenvalue weighted by molar-refractivity contribution is 0.105. The van der Waals surface area contributed by atoms with E-state index in [1.165, 1.54) is 0 Å². The van der Waals surface area contributed by atoms with E-state index in [1.807, 2.05) is 18.2 Å². The Morgan fingerprint density at radius 3 is 2.84 bits per heavy atom. The van der Waals surface area contributed by atoms with Crippen LogP contribution in [0.15, 0.2) is 18.2 Å². The van der Waals surface area contributed by atoms with E-state index in [-0.39, 0.29) is 6.10 Å². The molecule has 1 fully saturated rings. The van der Waals surface area contributed by atoms with E-state index < -0.39 is 0 Å². The maximum atomic E-state index is 5.46. The molecule has 0 amide bonds. The van der Waals surface area contributed by atoms with Gasteiger partial charge in [-0.15, -0.1) is 0 Å². The van der Waals surface area contributed by atoms with Crippen LogP contribution in [0.4, 0.5) is 0 Å². The fourth-order valence-corrected chi connectivity index (χ4v) is 2.54. The normalized spacial score (nSPS) is 23.7. The third-order valence-electron chi connectivity index (χ3n) is 3.54. The Hall–Kier alpha value is -1.17. The lowest BCUT2D eigenvalue weighted by atomic mass is 10.2. The Labute approximate surface area is 114 Å². The molecule has 0 radical (unpaired) electrons. The summed E-state index contributed by atoms with van der Waals surface area (Å²) in [4.78, 5) is 6.82. The zero-order valence-electron chi connectivity index (χ0n) is 11.8. The van der Waals surface area contributed by atoms with Crippen molar-refractivity contribution < 1.29 is 14.2 Å². The average Bonchev–Trinajstić information content (AvgIpc) is 2.82. The maximum Gasteiger partial charge on any atom is 0.213 e. The van der Waals surface area contributed by atoms with Crippen LogP contribution in [0.2, 0.25) is 0 Å². The molecule has 1 aliphatic rings. The van der Waals surface area contributed by atoms with Crippen molar-refractivity contribution in [2.75, 3.05) is 34.5 Å². The van der Waals surface area contributed by atoms with E-state index in [0.717, 1.165) is 31.8 Å². The van der Waals surface area contributed by atoms with Crippen LogP contribution in [-0.2, 0) is 16.0 Å². The smallest absolute Gasteiger partial charge is 0.213 e. The Balaban J connectivity index is 2.02. The van der Waals surface area contributed by atoms with Gasteiger partial charge in [0.2, 0.25) is 5.88 Å². The summed E-state index contributed by atoms with van der Waals surface area (Å²) in [6, 6.07) is 6.24. The SMILES string of the molecule is COC[C@@H]1C[C@H](OC)CN1Cc1cccc(OC)n1. The number of hydrogen-bond donors (Lipinski definition) is 0. The number of hydrogen-bond acceptors (Lipinski definition) is 5. The number of likely N-dealkylation sites (tertiary alicyclic amines) is 1. The highest BCUT2D eigenvalue weighted by Crippen LogP contribution is 2.22. The van der Waals surface area contributed by atoms with E-state index in [4.69, 9.17) is 14.2 Å². The molecule has 0 spiro atoms. The highest BCUT2D eigenvalue weighted by molar-refractivity contribution is 5.15. The van der Waals surface area contributed by atoms with Gasteiger partial charge >= 0.3 is 0 Å². The molecule has 106 valence electrons. The summed E-state index contributed by atoms with van der Waals surface area (Å²) >= 11 is 0. The molecular formula is C14H22N2O3. The van der Waals surface area contributed by atoms with Gasteiger partial charge < -0.3 is 14.2 Å². The largest absolute Gasteiger partial charge is 0.481 e. The third kappa shape index (κ3) is 3.65. The van der Waals surface area contributed by atoms with Gasteiger partial charge in [0.05, 0.1) is 25.5 Å². The average molecular weight is 266 g/mol. The van der Waals surface area contributed by atoms with Crippen LogP contribution < -0.4 is 4.74 Å². The number of rotatable bonds is 6. The van der Waals surface area contributed by atoms with Gasteiger partial charge in [-0.05, 0) is 12.5 Å². The van der Waals surface area contributed by atoms with Crippen LogP contribution in [0.25, 0.3) is 0 Å². The quantitative estimate of drug-likeness (QED) is 0.777. The van der Waals surface area contributed by atoms with Crippen LogP contribution in [0, 0.1) is 0 Å². The Kier molecular flexibility index (Phi) is 5.13. The number of methoxy groups -OCH3 is 3. The summed E-state index contributed by atoms with van der Waals surface area (Å²) < 4.78 is 15.9. The second kappa shape index (κ2) is 6.84. The molecular weight excluding hydrogens is 244 g/mol. The molecule has 2 heterocycles. The van der Waals surface area contributed by atoms with Gasteiger partial charge in [-0.1, -0.05) is 6.07 Å². The Morgan fingerprint density at radius 1 is 1.32 bits per heavy atom. The lowest BCUT2D eigenvalue weighted by Gasteiger charge is -2.23. The monoisotopic (exact) mass is 266 g/mol. The molecule has 0 aromatic carbocycles. The molecule has 19 heavy (non-hydrogen) atoms. The van der Waals surface area contributed by atoms with Gasteiger partial charge in [-0.3, -0.25) is 4.90 Å². The van der Waals surface area contributed by atoms with Gasteiger partial charge in [0.1, 0.15) is 0 Å². The minimum Gasteiger partial charge on any atom is -0.481 e. The van der Waals surface area contributed by atoms with Gasteiger partial charge in [0.25, 0.3) is 0 Å². The minimum absolute atomic E-state index is 0.283. The summed E-state index contributed by atoms with van der Waals surface area (Å²) in [5.74, 6) is 0.656. The zero-order chi connectivity index (χ0) is 13.7. The summed E-state index contributed by atoms with van der Waals surface area (Å²) in [7, 11) is 5.14. The molecule has 2 atom stereocenters. The number of ether oxygens (including phenoxy) is 3. The standard InChI is InChI=1S/C14H22N2O3/c1-17-10-12-7-13(18-2)9-16(12)8-11-5-4-6-14(15-11)19-3/h4-6,12-13H,7-10H2,1-3H3/t12-,13-/m0/s1. The molecule has 2 rings (SSSR count). The number of pyridine rings is 1. The fraction of sp³-hybridized carbons (Fsp3) is 0.643. The van der Waals surface area contributed by atoms with Crippen molar-refractivity contribution in [3.8, 4) is 5.88 Å². The molecule has 1 aromatic heterocycles. The maximum absolute atomic E-state index is 5.46. The Morgan fingerprint density at radius 2 is 2.16 bits per heavy atom. The lowest BCUT2D eigenvalue weighted by Crippen LogP contribution is -2.32. The molecule has 0 N–H and O–H groups in total. The van der Waals surface area contributed by atoms with Crippen LogP contribution >= 0.6 is 0 Å². The van der Waals surface area contributed by atoms with E-state index in [2.05, 4.69) is 9.88 Å². The van der Waals surface area contributed by atoms with Gasteiger partial charge in [-0.25, -0.2) is 4.98 Å². The van der Waals surface area contributed by atoms with Gasteiger partial charge in [0.15, 0.2) is 0 Å². The fourth-order valence-electron chi connectivity index (χ4n) is 2.54. The molecule has 0 bridgehead atoms. The van der Waals surface area contributed by atoms with Crippen molar-refractivity contribution in [1.82, 2.24) is 9.88 Å². The van der Waals surface area contributed by atoms with Crippen LogP contribution in [0.3, 0.4) is 0 Å². The molecule has 0 aliphatic carbocycles. The molecule has 1 aliphatic heterocycles. The number of aromatic nitrogens is 1. The first kappa shape index (κ1) is 14.2. The topological polar surface area (TPSA) is 43.8 Å². The van der Waals surface area contributed by atoms with Crippen molar-refractivity contribution in [1.29, 1.82) is 0 Å². The second-order valence-corrected chi connectivity index (χ2v) is 4.80. The van der Waals surface area contributed by atoms with E-state index in [1.54, 1.807) is 21.3 Å². The van der Waals surface area contributed by atoms with Gasteiger partial charge in [0, 0.05) is 39.4 Å². The molecule has 1 saturated heterocycles. The van der Waals surface area contributed by atoms with E-state index in [0.29, 0.717) is 11.9 Å². The third-order valence-corrected chi connectivity index (χ3v) is 3.54. The molecule has 1 aromatic rings. The predicted octanol–water partition coefficient (Wildman–Crippen LogP) is 1.33. The summed E-state index contributed by atoms with van der Waals surface area (Å²) in [6.45, 7) is 2.44. The van der Waals surface area contributed by atoms with E-state index >= 15 is 0 Å². The second-order valence-electron chi connectivity index (χ2n) is 4.80. The molecule has 5 nitrogen and oxygen atoms in total. The van der Waals surface area contributed by atoms with Crippen molar-refractivity contribution in [2.24, 2.45) is 0 Å². The van der Waals surface area contributed by atoms with Crippen molar-refractivity contribution in [3.05, 3.63) is 23.9 Å². The molecule has 0 saturated carbocycles. The summed E-state index contributed by atoms with van der Waals surface area (Å²) in [5.41, 5.74) is 1.01. The highest BCUT2D eigenvalue weighted by Gasteiger charge is 2.32. The van der Waals surface area contributed by atoms with Crippen molar-refractivity contribution >= 4 is 0 Å². The van der Waals surface area contributed by atoms with E-state index in [9.17, 15) is 0 Å².